The van der Waals surface area contributed by atoms with Gasteiger partial charge in [-0.3, -0.25) is 9.59 Å². The summed E-state index contributed by atoms with van der Waals surface area (Å²) in [6.07, 6.45) is 0. The standard InChI is InChI=1S/C26H36N2O5/c1-16(2)23(17-9-11-19(12-10-17)26(3,4)5)28-22(29)15-27-25(30)18-13-20(31-6)24(33-8)21(14-18)32-7/h9-14,16,23H,15H2,1-8H3,(H,27,30)(H,28,29)/t23-/m1/s1. The molecule has 0 bridgehead atoms. The summed E-state index contributed by atoms with van der Waals surface area (Å²) in [6.45, 7) is 10.5. The van der Waals surface area contributed by atoms with E-state index in [1.54, 1.807) is 12.1 Å². The number of benzene rings is 2. The summed E-state index contributed by atoms with van der Waals surface area (Å²) >= 11 is 0. The van der Waals surface area contributed by atoms with Gasteiger partial charge in [-0.25, -0.2) is 0 Å². The normalized spacial score (nSPS) is 12.2. The van der Waals surface area contributed by atoms with Gasteiger partial charge < -0.3 is 24.8 Å². The van der Waals surface area contributed by atoms with Crippen molar-refractivity contribution in [3.8, 4) is 17.2 Å². The lowest BCUT2D eigenvalue weighted by atomic mass is 9.85. The fourth-order valence-electron chi connectivity index (χ4n) is 3.52. The monoisotopic (exact) mass is 456 g/mol. The lowest BCUT2D eigenvalue weighted by Gasteiger charge is -2.25. The fraction of sp³-hybridized carbons (Fsp3) is 0.462. The van der Waals surface area contributed by atoms with Gasteiger partial charge in [0.1, 0.15) is 0 Å². The van der Waals surface area contributed by atoms with E-state index in [-0.39, 0.29) is 29.8 Å². The van der Waals surface area contributed by atoms with Crippen LogP contribution in [0, 0.1) is 5.92 Å². The first-order chi connectivity index (χ1) is 15.5. The molecule has 0 aliphatic heterocycles. The zero-order chi connectivity index (χ0) is 24.8. The second-order valence-electron chi connectivity index (χ2n) is 9.26. The average Bonchev–Trinajstić information content (AvgIpc) is 2.79. The van der Waals surface area contributed by atoms with E-state index in [2.05, 4.69) is 69.5 Å². The van der Waals surface area contributed by atoms with Crippen molar-refractivity contribution in [3.63, 3.8) is 0 Å². The van der Waals surface area contributed by atoms with Crippen LogP contribution in [0.2, 0.25) is 0 Å². The molecular formula is C26H36N2O5. The maximum absolute atomic E-state index is 12.7. The molecule has 0 aliphatic rings. The Bertz CT molecular complexity index is 937. The highest BCUT2D eigenvalue weighted by Crippen LogP contribution is 2.38. The molecule has 2 aromatic carbocycles. The van der Waals surface area contributed by atoms with Crippen LogP contribution in [0.15, 0.2) is 36.4 Å². The van der Waals surface area contributed by atoms with Crippen LogP contribution < -0.4 is 24.8 Å². The molecule has 0 saturated carbocycles. The molecule has 0 aliphatic carbocycles. The van der Waals surface area contributed by atoms with Crippen LogP contribution in [-0.2, 0) is 10.2 Å². The van der Waals surface area contributed by atoms with Gasteiger partial charge in [0, 0.05) is 5.56 Å². The second-order valence-corrected chi connectivity index (χ2v) is 9.26. The number of ether oxygens (including phenoxy) is 3. The topological polar surface area (TPSA) is 85.9 Å². The average molecular weight is 457 g/mol. The minimum atomic E-state index is -0.417. The van der Waals surface area contributed by atoms with Gasteiger partial charge in [-0.1, -0.05) is 58.9 Å². The third kappa shape index (κ3) is 6.63. The molecule has 33 heavy (non-hydrogen) atoms. The first kappa shape index (κ1) is 26.0. The summed E-state index contributed by atoms with van der Waals surface area (Å²) in [5.41, 5.74) is 2.63. The van der Waals surface area contributed by atoms with Crippen LogP contribution in [-0.4, -0.2) is 39.7 Å². The number of hydrogen-bond donors (Lipinski definition) is 2. The Labute approximate surface area is 196 Å². The van der Waals surface area contributed by atoms with Crippen LogP contribution >= 0.6 is 0 Å². The Morgan fingerprint density at radius 3 is 1.88 bits per heavy atom. The van der Waals surface area contributed by atoms with Crippen molar-refractivity contribution < 1.29 is 23.8 Å². The minimum absolute atomic E-state index is 0.0617. The van der Waals surface area contributed by atoms with E-state index in [0.29, 0.717) is 22.8 Å². The van der Waals surface area contributed by atoms with E-state index < -0.39 is 5.91 Å². The van der Waals surface area contributed by atoms with E-state index in [4.69, 9.17) is 14.2 Å². The molecule has 0 fully saturated rings. The lowest BCUT2D eigenvalue weighted by molar-refractivity contribution is -0.121. The van der Waals surface area contributed by atoms with Crippen molar-refractivity contribution in [2.45, 2.75) is 46.1 Å². The summed E-state index contributed by atoms with van der Waals surface area (Å²) < 4.78 is 15.9. The highest BCUT2D eigenvalue weighted by Gasteiger charge is 2.21. The highest BCUT2D eigenvalue weighted by atomic mass is 16.5. The Morgan fingerprint density at radius 1 is 0.909 bits per heavy atom. The van der Waals surface area contributed by atoms with E-state index >= 15 is 0 Å². The molecule has 2 N–H and O–H groups in total. The van der Waals surface area contributed by atoms with Crippen LogP contribution in [0.1, 0.15) is 62.1 Å². The molecular weight excluding hydrogens is 420 g/mol. The summed E-state index contributed by atoms with van der Waals surface area (Å²) in [5.74, 6) is 0.622. The summed E-state index contributed by atoms with van der Waals surface area (Å²) in [4.78, 5) is 25.3. The lowest BCUT2D eigenvalue weighted by Crippen LogP contribution is -2.40. The van der Waals surface area contributed by atoms with Gasteiger partial charge in [0.2, 0.25) is 11.7 Å². The maximum atomic E-state index is 12.7. The predicted octanol–water partition coefficient (Wildman–Crippen LogP) is 4.25. The SMILES string of the molecule is COc1cc(C(=O)NCC(=O)N[C@@H](c2ccc(C(C)(C)C)cc2)C(C)C)cc(OC)c1OC. The molecule has 180 valence electrons. The van der Waals surface area contributed by atoms with Crippen LogP contribution in [0.3, 0.4) is 0 Å². The van der Waals surface area contributed by atoms with Gasteiger partial charge in [-0.05, 0) is 34.6 Å². The molecule has 0 unspecified atom stereocenters. The first-order valence-electron chi connectivity index (χ1n) is 11.0. The Balaban J connectivity index is 2.08. The van der Waals surface area contributed by atoms with Crippen molar-refractivity contribution in [3.05, 3.63) is 53.1 Å². The molecule has 2 rings (SSSR count). The van der Waals surface area contributed by atoms with Crippen molar-refractivity contribution >= 4 is 11.8 Å². The molecule has 1 atom stereocenters. The Hall–Kier alpha value is -3.22. The van der Waals surface area contributed by atoms with E-state index in [1.807, 2.05) is 0 Å². The number of hydrogen-bond acceptors (Lipinski definition) is 5. The fourth-order valence-corrected chi connectivity index (χ4v) is 3.52. The van der Waals surface area contributed by atoms with Gasteiger partial charge in [-0.2, -0.15) is 0 Å². The molecule has 0 saturated heterocycles. The van der Waals surface area contributed by atoms with E-state index in [9.17, 15) is 9.59 Å². The van der Waals surface area contributed by atoms with E-state index in [1.165, 1.54) is 26.9 Å². The summed E-state index contributed by atoms with van der Waals surface area (Å²) in [7, 11) is 4.45. The molecule has 0 spiro atoms. The third-order valence-corrected chi connectivity index (χ3v) is 5.46. The number of rotatable bonds is 9. The van der Waals surface area contributed by atoms with Gasteiger partial charge >= 0.3 is 0 Å². The Morgan fingerprint density at radius 2 is 1.45 bits per heavy atom. The molecule has 2 aromatic rings. The largest absolute Gasteiger partial charge is 0.493 e. The number of carbonyl (C=O) groups excluding carboxylic acids is 2. The minimum Gasteiger partial charge on any atom is -0.493 e. The van der Waals surface area contributed by atoms with Crippen LogP contribution in [0.5, 0.6) is 17.2 Å². The van der Waals surface area contributed by atoms with Crippen molar-refractivity contribution in [1.29, 1.82) is 0 Å². The maximum Gasteiger partial charge on any atom is 0.251 e. The molecule has 0 aromatic heterocycles. The van der Waals surface area contributed by atoms with Crippen LogP contribution in [0.4, 0.5) is 0 Å². The van der Waals surface area contributed by atoms with Gasteiger partial charge in [0.25, 0.3) is 5.91 Å². The first-order valence-corrected chi connectivity index (χ1v) is 11.0. The molecule has 7 heteroatoms. The number of carbonyl (C=O) groups is 2. The molecule has 7 nitrogen and oxygen atoms in total. The summed E-state index contributed by atoms with van der Waals surface area (Å²) in [5, 5.41) is 5.70. The number of nitrogens with one attached hydrogen (secondary N) is 2. The molecule has 0 heterocycles. The van der Waals surface area contributed by atoms with Gasteiger partial charge in [0.05, 0.1) is 33.9 Å². The van der Waals surface area contributed by atoms with Gasteiger partial charge in [-0.15, -0.1) is 0 Å². The quantitative estimate of drug-likeness (QED) is 0.589. The second kappa shape index (κ2) is 11.1. The predicted molar refractivity (Wildman–Crippen MR) is 129 cm³/mol. The Kier molecular flexibility index (Phi) is 8.74. The van der Waals surface area contributed by atoms with Gasteiger partial charge in [0.15, 0.2) is 11.5 Å². The number of methoxy groups -OCH3 is 3. The zero-order valence-electron chi connectivity index (χ0n) is 20.9. The van der Waals surface area contributed by atoms with E-state index in [0.717, 1.165) is 5.56 Å². The zero-order valence-corrected chi connectivity index (χ0v) is 20.9. The van der Waals surface area contributed by atoms with Crippen molar-refractivity contribution in [2.24, 2.45) is 5.92 Å². The third-order valence-electron chi connectivity index (χ3n) is 5.46. The van der Waals surface area contributed by atoms with Crippen molar-refractivity contribution in [1.82, 2.24) is 10.6 Å². The molecule has 2 amide bonds. The highest BCUT2D eigenvalue weighted by molar-refractivity contribution is 5.97. The summed E-state index contributed by atoms with van der Waals surface area (Å²) in [6, 6.07) is 11.2. The van der Waals surface area contributed by atoms with Crippen molar-refractivity contribution in [2.75, 3.05) is 27.9 Å². The number of amides is 2. The molecule has 0 radical (unpaired) electrons. The van der Waals surface area contributed by atoms with Crippen LogP contribution in [0.25, 0.3) is 0 Å². The smallest absolute Gasteiger partial charge is 0.251 e.